The summed E-state index contributed by atoms with van der Waals surface area (Å²) in [5.41, 5.74) is 1.46. The maximum atomic E-state index is 13.1. The average Bonchev–Trinajstić information content (AvgIpc) is 2.73. The summed E-state index contributed by atoms with van der Waals surface area (Å²) in [6.45, 7) is 7.75. The first kappa shape index (κ1) is 21.2. The number of pyridine rings is 2. The molecular formula is C23H31N3O3. The summed E-state index contributed by atoms with van der Waals surface area (Å²) < 4.78 is 1.65. The maximum Gasteiger partial charge on any atom is 0.263 e. The topological polar surface area (TPSA) is 75.4 Å². The van der Waals surface area contributed by atoms with Crippen molar-refractivity contribution < 1.29 is 9.90 Å². The molecule has 1 N–H and O–H groups in total. The third-order valence-corrected chi connectivity index (χ3v) is 5.80. The van der Waals surface area contributed by atoms with Crippen molar-refractivity contribution in [3.63, 3.8) is 0 Å². The van der Waals surface area contributed by atoms with E-state index < -0.39 is 6.10 Å². The van der Waals surface area contributed by atoms with Crippen molar-refractivity contribution in [2.45, 2.75) is 52.7 Å². The molecule has 0 bridgehead atoms. The fourth-order valence-electron chi connectivity index (χ4n) is 3.87. The Hall–Kier alpha value is -2.47. The lowest BCUT2D eigenvalue weighted by atomic mass is 9.89. The number of nitrogens with zero attached hydrogens (tertiary/aromatic N) is 3. The van der Waals surface area contributed by atoms with Crippen molar-refractivity contribution in [1.82, 2.24) is 14.5 Å². The summed E-state index contributed by atoms with van der Waals surface area (Å²) in [6, 6.07) is 7.38. The number of aliphatic hydroxyl groups excluding tert-OH is 1. The molecule has 1 unspecified atom stereocenters. The minimum absolute atomic E-state index is 0.0634. The van der Waals surface area contributed by atoms with E-state index in [1.165, 1.54) is 0 Å². The first-order chi connectivity index (χ1) is 13.9. The van der Waals surface area contributed by atoms with Crippen molar-refractivity contribution in [3.8, 4) is 0 Å². The third kappa shape index (κ3) is 4.93. The number of hydrogen-bond acceptors (Lipinski definition) is 4. The molecule has 1 aliphatic rings. The second-order valence-corrected chi connectivity index (χ2v) is 8.38. The Morgan fingerprint density at radius 2 is 1.97 bits per heavy atom. The van der Waals surface area contributed by atoms with Crippen LogP contribution in [-0.2, 0) is 6.54 Å². The van der Waals surface area contributed by atoms with Gasteiger partial charge in [0.15, 0.2) is 0 Å². The van der Waals surface area contributed by atoms with Crippen LogP contribution in [0.15, 0.2) is 41.5 Å². The molecule has 1 amide bonds. The highest BCUT2D eigenvalue weighted by Gasteiger charge is 2.30. The van der Waals surface area contributed by atoms with Crippen LogP contribution in [0.3, 0.4) is 0 Å². The van der Waals surface area contributed by atoms with Crippen LogP contribution in [0, 0.1) is 18.8 Å². The van der Waals surface area contributed by atoms with Crippen molar-refractivity contribution >= 4 is 5.91 Å². The molecule has 29 heavy (non-hydrogen) atoms. The van der Waals surface area contributed by atoms with Gasteiger partial charge in [0.1, 0.15) is 5.56 Å². The molecule has 2 aromatic rings. The van der Waals surface area contributed by atoms with E-state index in [0.717, 1.165) is 12.0 Å². The minimum Gasteiger partial charge on any atom is -0.387 e. The molecule has 156 valence electrons. The third-order valence-electron chi connectivity index (χ3n) is 5.80. The van der Waals surface area contributed by atoms with Gasteiger partial charge in [-0.05, 0) is 61.8 Å². The number of aromatic nitrogens is 2. The molecule has 0 aromatic carbocycles. The van der Waals surface area contributed by atoms with Crippen molar-refractivity contribution in [1.29, 1.82) is 0 Å². The Bertz CT molecular complexity index is 884. The van der Waals surface area contributed by atoms with Gasteiger partial charge in [-0.2, -0.15) is 0 Å². The highest BCUT2D eigenvalue weighted by Crippen LogP contribution is 2.30. The minimum atomic E-state index is -0.625. The molecule has 0 radical (unpaired) electrons. The van der Waals surface area contributed by atoms with Gasteiger partial charge < -0.3 is 14.6 Å². The van der Waals surface area contributed by atoms with E-state index in [1.54, 1.807) is 21.9 Å². The molecule has 6 nitrogen and oxygen atoms in total. The Morgan fingerprint density at radius 1 is 1.24 bits per heavy atom. The fourth-order valence-corrected chi connectivity index (χ4v) is 3.87. The van der Waals surface area contributed by atoms with Crippen LogP contribution in [0.2, 0.25) is 0 Å². The van der Waals surface area contributed by atoms with Gasteiger partial charge in [0, 0.05) is 32.0 Å². The number of piperidine rings is 1. The molecule has 0 aliphatic carbocycles. The highest BCUT2D eigenvalue weighted by atomic mass is 16.3. The molecule has 1 fully saturated rings. The van der Waals surface area contributed by atoms with Crippen molar-refractivity contribution in [2.24, 2.45) is 11.8 Å². The van der Waals surface area contributed by atoms with Crippen LogP contribution in [0.5, 0.6) is 0 Å². The van der Waals surface area contributed by atoms with Gasteiger partial charge in [0.2, 0.25) is 0 Å². The zero-order valence-electron chi connectivity index (χ0n) is 17.5. The van der Waals surface area contributed by atoms with E-state index in [0.29, 0.717) is 44.1 Å². The van der Waals surface area contributed by atoms with E-state index in [1.807, 2.05) is 31.2 Å². The zero-order chi connectivity index (χ0) is 21.0. The number of rotatable bonds is 6. The Balaban J connectivity index is 1.69. The molecule has 6 heteroatoms. The molecule has 0 saturated carbocycles. The van der Waals surface area contributed by atoms with Crippen LogP contribution in [0.4, 0.5) is 0 Å². The molecule has 1 aliphatic heterocycles. The lowest BCUT2D eigenvalue weighted by Gasteiger charge is -2.34. The molecule has 1 atom stereocenters. The number of hydrogen-bond donors (Lipinski definition) is 1. The van der Waals surface area contributed by atoms with Gasteiger partial charge in [0.05, 0.1) is 11.8 Å². The fraction of sp³-hybridized carbons (Fsp3) is 0.522. The first-order valence-corrected chi connectivity index (χ1v) is 10.5. The van der Waals surface area contributed by atoms with Crippen LogP contribution in [0.1, 0.15) is 60.8 Å². The van der Waals surface area contributed by atoms with Crippen LogP contribution < -0.4 is 5.56 Å². The lowest BCUT2D eigenvalue weighted by Crippen LogP contribution is -2.43. The van der Waals surface area contributed by atoms with Gasteiger partial charge in [-0.25, -0.2) is 0 Å². The van der Waals surface area contributed by atoms with Crippen LogP contribution in [0.25, 0.3) is 0 Å². The van der Waals surface area contributed by atoms with Gasteiger partial charge in [0.25, 0.3) is 11.5 Å². The molecular weight excluding hydrogens is 366 g/mol. The second kappa shape index (κ2) is 9.35. The lowest BCUT2D eigenvalue weighted by molar-refractivity contribution is 0.0445. The second-order valence-electron chi connectivity index (χ2n) is 8.38. The molecule has 3 rings (SSSR count). The summed E-state index contributed by atoms with van der Waals surface area (Å²) >= 11 is 0. The highest BCUT2D eigenvalue weighted by molar-refractivity contribution is 5.95. The first-order valence-electron chi connectivity index (χ1n) is 10.5. The predicted molar refractivity (Wildman–Crippen MR) is 113 cm³/mol. The van der Waals surface area contributed by atoms with E-state index in [2.05, 4.69) is 18.8 Å². The van der Waals surface area contributed by atoms with E-state index in [9.17, 15) is 14.7 Å². The molecule has 0 spiro atoms. The average molecular weight is 398 g/mol. The smallest absolute Gasteiger partial charge is 0.263 e. The molecule has 3 heterocycles. The Labute approximate surface area is 172 Å². The Morgan fingerprint density at radius 3 is 2.59 bits per heavy atom. The van der Waals surface area contributed by atoms with Gasteiger partial charge >= 0.3 is 0 Å². The summed E-state index contributed by atoms with van der Waals surface area (Å²) in [5.74, 6) is 0.359. The maximum absolute atomic E-state index is 13.1. The standard InChI is InChI=1S/C23H31N3O3/c1-16(2)7-12-25-13-8-17(3)20(22(25)28)23(29)26-14-9-18(10-15-26)21(27)19-6-4-5-11-24-19/h4-6,8,11,13,16,18,21,27H,7,9-10,12,14-15H2,1-3H3. The molecule has 1 saturated heterocycles. The Kier molecular flexibility index (Phi) is 6.85. The van der Waals surface area contributed by atoms with Crippen molar-refractivity contribution in [3.05, 3.63) is 63.8 Å². The predicted octanol–water partition coefficient (Wildman–Crippen LogP) is 3.18. The largest absolute Gasteiger partial charge is 0.387 e. The summed E-state index contributed by atoms with van der Waals surface area (Å²) in [4.78, 5) is 32.0. The summed E-state index contributed by atoms with van der Waals surface area (Å²) in [7, 11) is 0. The van der Waals surface area contributed by atoms with Gasteiger partial charge in [-0.1, -0.05) is 19.9 Å². The van der Waals surface area contributed by atoms with Crippen LogP contribution >= 0.6 is 0 Å². The van der Waals surface area contributed by atoms with E-state index >= 15 is 0 Å². The monoisotopic (exact) mass is 397 g/mol. The van der Waals surface area contributed by atoms with E-state index in [-0.39, 0.29) is 22.9 Å². The SMILES string of the molecule is Cc1ccn(CCC(C)C)c(=O)c1C(=O)N1CCC(C(O)c2ccccn2)CC1. The number of amides is 1. The number of aliphatic hydroxyl groups is 1. The number of likely N-dealkylation sites (tertiary alicyclic amines) is 1. The summed E-state index contributed by atoms with van der Waals surface area (Å²) in [6.07, 6.45) is 5.12. The van der Waals surface area contributed by atoms with Crippen molar-refractivity contribution in [2.75, 3.05) is 13.1 Å². The van der Waals surface area contributed by atoms with Crippen LogP contribution in [-0.4, -0.2) is 38.6 Å². The van der Waals surface area contributed by atoms with Gasteiger partial charge in [-0.3, -0.25) is 14.6 Å². The number of carbonyl (C=O) groups is 1. The van der Waals surface area contributed by atoms with E-state index in [4.69, 9.17) is 0 Å². The summed E-state index contributed by atoms with van der Waals surface area (Å²) in [5, 5.41) is 10.6. The zero-order valence-corrected chi connectivity index (χ0v) is 17.5. The number of aryl methyl sites for hydroxylation is 2. The number of carbonyl (C=O) groups excluding carboxylic acids is 1. The normalized spacial score (nSPS) is 16.2. The van der Waals surface area contributed by atoms with Gasteiger partial charge in [-0.15, -0.1) is 0 Å². The quantitative estimate of drug-likeness (QED) is 0.812. The molecule has 2 aromatic heterocycles.